The van der Waals surface area contributed by atoms with Crippen molar-refractivity contribution in [3.05, 3.63) is 108 Å². The van der Waals surface area contributed by atoms with Crippen LogP contribution in [0.15, 0.2) is 103 Å². The number of aliphatic carboxylic acids is 1. The Bertz CT molecular complexity index is 2410. The van der Waals surface area contributed by atoms with Crippen LogP contribution in [0.4, 0.5) is 17.1 Å². The van der Waals surface area contributed by atoms with Gasteiger partial charge in [-0.05, 0) is 121 Å². The summed E-state index contributed by atoms with van der Waals surface area (Å²) in [6.45, 7) is 11.4. The molecule has 328 valence electrons. The second-order valence-electron chi connectivity index (χ2n) is 15.8. The maximum Gasteiger partial charge on any atom is 0.346 e. The third-order valence-electron chi connectivity index (χ3n) is 11.4. The fourth-order valence-corrected chi connectivity index (χ4v) is 10.9. The molecule has 11 heteroatoms. The summed E-state index contributed by atoms with van der Waals surface area (Å²) < 4.78 is 25.2. The Balaban J connectivity index is 1.16. The Labute approximate surface area is 384 Å². The highest BCUT2D eigenvalue weighted by molar-refractivity contribution is 7.27. The van der Waals surface area contributed by atoms with E-state index < -0.39 is 5.97 Å². The van der Waals surface area contributed by atoms with Gasteiger partial charge >= 0.3 is 5.97 Å². The summed E-state index contributed by atoms with van der Waals surface area (Å²) >= 11 is 4.75. The lowest BCUT2D eigenvalue weighted by Gasteiger charge is -2.26. The molecule has 1 aliphatic rings. The molecule has 0 saturated carbocycles. The molecule has 1 N–H and O–H groups in total. The molecule has 0 radical (unpaired) electrons. The number of benzene rings is 3. The number of hydrogen-bond donors (Lipinski definition) is 1. The minimum atomic E-state index is -1.23. The number of carboxylic acids is 1. The lowest BCUT2D eigenvalue weighted by molar-refractivity contribution is -0.132. The molecule has 63 heavy (non-hydrogen) atoms. The molecule has 3 aromatic carbocycles. The monoisotopic (exact) mass is 900 g/mol. The van der Waals surface area contributed by atoms with Crippen molar-refractivity contribution in [2.24, 2.45) is 11.8 Å². The van der Waals surface area contributed by atoms with Crippen LogP contribution in [0.2, 0.25) is 0 Å². The molecule has 2 unspecified atom stereocenters. The molecule has 0 aliphatic carbocycles. The number of nitrogens with zero attached hydrogens (tertiary/aromatic N) is 2. The molecule has 4 heterocycles. The van der Waals surface area contributed by atoms with Gasteiger partial charge in [0, 0.05) is 36.6 Å². The lowest BCUT2D eigenvalue weighted by Crippen LogP contribution is -2.14. The highest BCUT2D eigenvalue weighted by atomic mass is 32.1. The number of fused-ring (bicyclic) bond motifs is 1. The predicted octanol–water partition coefficient (Wildman–Crippen LogP) is 15.3. The van der Waals surface area contributed by atoms with Gasteiger partial charge in [-0.2, -0.15) is 5.26 Å². The van der Waals surface area contributed by atoms with Crippen LogP contribution in [0.5, 0.6) is 23.0 Å². The molecule has 2 atom stereocenters. The van der Waals surface area contributed by atoms with Crippen LogP contribution in [0.1, 0.15) is 83.9 Å². The van der Waals surface area contributed by atoms with Gasteiger partial charge in [0.25, 0.3) is 0 Å². The number of thiophene rings is 3. The number of ether oxygens (including phenoxy) is 4. The maximum atomic E-state index is 11.4. The Kier molecular flexibility index (Phi) is 16.0. The van der Waals surface area contributed by atoms with Crippen LogP contribution >= 0.6 is 34.0 Å². The van der Waals surface area contributed by atoms with E-state index in [0.717, 1.165) is 96.1 Å². The molecular formula is C52H56N2O6S3. The zero-order valence-electron chi connectivity index (χ0n) is 36.6. The third-order valence-corrected chi connectivity index (χ3v) is 15.1. The highest BCUT2D eigenvalue weighted by Crippen LogP contribution is 2.55. The van der Waals surface area contributed by atoms with Crippen molar-refractivity contribution in [1.82, 2.24) is 0 Å². The van der Waals surface area contributed by atoms with E-state index in [2.05, 4.69) is 118 Å². The number of carbonyl (C=O) groups is 1. The van der Waals surface area contributed by atoms with E-state index in [1.807, 2.05) is 12.1 Å². The normalized spacial score (nSPS) is 13.3. The molecule has 0 spiro atoms. The molecule has 1 aliphatic heterocycles. The molecule has 0 bridgehead atoms. The molecule has 6 aromatic rings. The average molecular weight is 901 g/mol. The van der Waals surface area contributed by atoms with Gasteiger partial charge in [0.2, 0.25) is 0 Å². The number of anilines is 3. The molecule has 7 rings (SSSR count). The average Bonchev–Trinajstić information content (AvgIpc) is 4.09. The number of unbranched alkanes of at least 4 members (excludes halogenated alkanes) is 2. The first-order chi connectivity index (χ1) is 30.8. The second-order valence-corrected chi connectivity index (χ2v) is 19.0. The molecule has 0 amide bonds. The minimum Gasteiger partial charge on any atom is -0.493 e. The summed E-state index contributed by atoms with van der Waals surface area (Å²) in [6, 6.07) is 35.2. The first-order valence-corrected chi connectivity index (χ1v) is 24.6. The minimum absolute atomic E-state index is 0.291. The van der Waals surface area contributed by atoms with Crippen LogP contribution in [0.25, 0.3) is 36.0 Å². The van der Waals surface area contributed by atoms with Gasteiger partial charge in [0.1, 0.15) is 36.4 Å². The predicted molar refractivity (Wildman–Crippen MR) is 261 cm³/mol. The van der Waals surface area contributed by atoms with Gasteiger partial charge < -0.3 is 29.0 Å². The SMILES string of the molecule is CCCCC(CC)COc1ccc(N(c2ccc(OCC(CC)CCCC)cc2)c2ccc(-c3sc(-c4ccc(-c5ccc(/C=C(/C#N)C(=O)O)s5)s4)c4c3OCCO4)cc2)cc1. The van der Waals surface area contributed by atoms with Crippen LogP contribution in [-0.4, -0.2) is 37.5 Å². The standard InChI is InChI=1S/C52H56N2O6S3/c1-5-9-11-35(7-3)33-59-42-21-17-40(18-22-42)54(41-19-23-43(24-20-41)60-34-36(8-4)12-10-6-2)39-15-13-37(14-16-39)50-48-49(58-30-29-57-48)51(63-50)47-28-27-46(62-47)45-26-25-44(61-45)31-38(32-53)52(55)56/h13-28,31,35-36H,5-12,29-30,33-34H2,1-4H3,(H,55,56)/b38-31-. The summed E-state index contributed by atoms with van der Waals surface area (Å²) in [5.74, 6) is 3.14. The molecule has 8 nitrogen and oxygen atoms in total. The molecule has 0 saturated heterocycles. The van der Waals surface area contributed by atoms with Gasteiger partial charge in [0.05, 0.1) is 23.0 Å². The highest BCUT2D eigenvalue weighted by Gasteiger charge is 2.28. The van der Waals surface area contributed by atoms with E-state index in [1.54, 1.807) is 28.7 Å². The summed E-state index contributed by atoms with van der Waals surface area (Å²) in [4.78, 5) is 19.5. The zero-order chi connectivity index (χ0) is 44.1. The Morgan fingerprint density at radius 2 is 1.17 bits per heavy atom. The van der Waals surface area contributed by atoms with E-state index in [-0.39, 0.29) is 5.57 Å². The van der Waals surface area contributed by atoms with Crippen molar-refractivity contribution in [3.8, 4) is 59.0 Å². The Morgan fingerprint density at radius 3 is 1.68 bits per heavy atom. The summed E-state index contributed by atoms with van der Waals surface area (Å²) in [7, 11) is 0. The first kappa shape index (κ1) is 45.5. The number of carboxylic acid groups (broad SMARTS) is 1. The van der Waals surface area contributed by atoms with Crippen LogP contribution in [-0.2, 0) is 4.79 Å². The van der Waals surface area contributed by atoms with Gasteiger partial charge in [-0.25, -0.2) is 4.79 Å². The quantitative estimate of drug-likeness (QED) is 0.0531. The van der Waals surface area contributed by atoms with Crippen molar-refractivity contribution < 1.29 is 28.8 Å². The van der Waals surface area contributed by atoms with E-state index in [0.29, 0.717) is 29.9 Å². The van der Waals surface area contributed by atoms with Gasteiger partial charge in [-0.3, -0.25) is 0 Å². The molecular weight excluding hydrogens is 845 g/mol. The molecule has 0 fully saturated rings. The zero-order valence-corrected chi connectivity index (χ0v) is 39.0. The van der Waals surface area contributed by atoms with E-state index >= 15 is 0 Å². The number of hydrogen-bond acceptors (Lipinski definition) is 10. The summed E-state index contributed by atoms with van der Waals surface area (Å²) in [5, 5.41) is 18.5. The second kappa shape index (κ2) is 22.2. The van der Waals surface area contributed by atoms with Gasteiger partial charge in [-0.1, -0.05) is 78.4 Å². The largest absolute Gasteiger partial charge is 0.493 e. The van der Waals surface area contributed by atoms with E-state index in [1.165, 1.54) is 55.9 Å². The fourth-order valence-electron chi connectivity index (χ4n) is 7.56. The van der Waals surface area contributed by atoms with Crippen molar-refractivity contribution in [1.29, 1.82) is 5.26 Å². The van der Waals surface area contributed by atoms with Gasteiger partial charge in [0.15, 0.2) is 11.5 Å². The van der Waals surface area contributed by atoms with Crippen LogP contribution < -0.4 is 23.8 Å². The van der Waals surface area contributed by atoms with Crippen molar-refractivity contribution in [2.75, 3.05) is 31.3 Å². The van der Waals surface area contributed by atoms with Crippen LogP contribution in [0.3, 0.4) is 0 Å². The van der Waals surface area contributed by atoms with Crippen molar-refractivity contribution >= 4 is 63.1 Å². The Morgan fingerprint density at radius 1 is 0.683 bits per heavy atom. The fraction of sp³-hybridized carbons (Fsp3) is 0.346. The Hall–Kier alpha value is -5.54. The first-order valence-electron chi connectivity index (χ1n) is 22.2. The van der Waals surface area contributed by atoms with Crippen LogP contribution in [0, 0.1) is 23.2 Å². The lowest BCUT2D eigenvalue weighted by atomic mass is 10.0. The third kappa shape index (κ3) is 11.4. The van der Waals surface area contributed by atoms with Crippen molar-refractivity contribution in [2.45, 2.75) is 79.1 Å². The maximum absolute atomic E-state index is 11.4. The van der Waals surface area contributed by atoms with E-state index in [9.17, 15) is 15.2 Å². The number of nitriles is 1. The van der Waals surface area contributed by atoms with Crippen molar-refractivity contribution in [3.63, 3.8) is 0 Å². The molecule has 3 aromatic heterocycles. The topological polar surface area (TPSA) is 101 Å². The summed E-state index contributed by atoms with van der Waals surface area (Å²) in [6.07, 6.45) is 10.9. The smallest absolute Gasteiger partial charge is 0.346 e. The van der Waals surface area contributed by atoms with E-state index in [4.69, 9.17) is 18.9 Å². The number of rotatable bonds is 22. The summed E-state index contributed by atoms with van der Waals surface area (Å²) in [5.41, 5.74) is 3.80. The van der Waals surface area contributed by atoms with Gasteiger partial charge in [-0.15, -0.1) is 34.0 Å².